The predicted molar refractivity (Wildman–Crippen MR) is 83.6 cm³/mol. The molecule has 0 aliphatic carbocycles. The molecule has 0 fully saturated rings. The third-order valence-corrected chi connectivity index (χ3v) is 3.57. The molecular formula is C17H21FN2. The van der Waals surface area contributed by atoms with Gasteiger partial charge in [0.1, 0.15) is 5.82 Å². The van der Waals surface area contributed by atoms with Gasteiger partial charge in [0, 0.05) is 30.4 Å². The van der Waals surface area contributed by atoms with E-state index in [9.17, 15) is 4.39 Å². The molecule has 0 amide bonds. The summed E-state index contributed by atoms with van der Waals surface area (Å²) in [6.45, 7) is 5.14. The second kappa shape index (κ2) is 5.53. The second-order valence-electron chi connectivity index (χ2n) is 5.84. The second-order valence-corrected chi connectivity index (χ2v) is 5.84. The van der Waals surface area contributed by atoms with Gasteiger partial charge in [-0.1, -0.05) is 32.0 Å². The van der Waals surface area contributed by atoms with Crippen LogP contribution in [0, 0.1) is 5.82 Å². The molecule has 0 radical (unpaired) electrons. The molecule has 106 valence electrons. The quantitative estimate of drug-likeness (QED) is 0.857. The van der Waals surface area contributed by atoms with Crippen molar-refractivity contribution in [2.24, 2.45) is 0 Å². The molecule has 0 saturated carbocycles. The molecule has 20 heavy (non-hydrogen) atoms. The zero-order chi connectivity index (χ0) is 14.8. The lowest BCUT2D eigenvalue weighted by Gasteiger charge is -2.32. The van der Waals surface area contributed by atoms with Gasteiger partial charge < -0.3 is 10.6 Å². The Kier molecular flexibility index (Phi) is 3.98. The highest BCUT2D eigenvalue weighted by atomic mass is 19.1. The van der Waals surface area contributed by atoms with E-state index in [0.717, 1.165) is 17.9 Å². The lowest BCUT2D eigenvalue weighted by Crippen LogP contribution is -2.34. The third kappa shape index (κ3) is 3.29. The number of hydrogen-bond acceptors (Lipinski definition) is 2. The number of nitrogens with zero attached hydrogens (tertiary/aromatic N) is 1. The van der Waals surface area contributed by atoms with Gasteiger partial charge in [-0.15, -0.1) is 0 Å². The summed E-state index contributed by atoms with van der Waals surface area (Å²) in [6.07, 6.45) is 0. The first-order valence-corrected chi connectivity index (χ1v) is 6.71. The van der Waals surface area contributed by atoms with E-state index < -0.39 is 0 Å². The maximum absolute atomic E-state index is 13.3. The Morgan fingerprint density at radius 1 is 1.10 bits per heavy atom. The molecule has 0 spiro atoms. The topological polar surface area (TPSA) is 29.3 Å². The van der Waals surface area contributed by atoms with Crippen LogP contribution in [0.5, 0.6) is 0 Å². The van der Waals surface area contributed by atoms with Crippen LogP contribution in [0.2, 0.25) is 0 Å². The van der Waals surface area contributed by atoms with E-state index in [1.807, 2.05) is 25.2 Å². The molecule has 0 atom stereocenters. The van der Waals surface area contributed by atoms with Crippen LogP contribution >= 0.6 is 0 Å². The Labute approximate surface area is 120 Å². The van der Waals surface area contributed by atoms with Gasteiger partial charge in [0.15, 0.2) is 0 Å². The highest BCUT2D eigenvalue weighted by Gasteiger charge is 2.22. The molecule has 0 saturated heterocycles. The number of hydrogen-bond donors (Lipinski definition) is 1. The van der Waals surface area contributed by atoms with Gasteiger partial charge in [-0.25, -0.2) is 4.39 Å². The predicted octanol–water partition coefficient (Wildman–Crippen LogP) is 3.82. The van der Waals surface area contributed by atoms with Gasteiger partial charge in [0.05, 0.1) is 0 Å². The van der Waals surface area contributed by atoms with E-state index in [0.29, 0.717) is 0 Å². The number of likely N-dealkylation sites (N-methyl/N-ethyl adjacent to an activating group) is 1. The van der Waals surface area contributed by atoms with Crippen molar-refractivity contribution in [2.45, 2.75) is 19.3 Å². The highest BCUT2D eigenvalue weighted by molar-refractivity contribution is 5.47. The highest BCUT2D eigenvalue weighted by Crippen LogP contribution is 2.27. The Bertz CT molecular complexity index is 576. The smallest absolute Gasteiger partial charge is 0.125 e. The first kappa shape index (κ1) is 14.4. The van der Waals surface area contributed by atoms with E-state index in [1.165, 1.54) is 11.6 Å². The number of halogens is 1. The van der Waals surface area contributed by atoms with Crippen LogP contribution in [0.3, 0.4) is 0 Å². The molecule has 2 rings (SSSR count). The normalized spacial score (nSPS) is 11.4. The lowest BCUT2D eigenvalue weighted by atomic mass is 9.84. The Hall–Kier alpha value is -2.03. The molecule has 0 aromatic heterocycles. The molecule has 0 aliphatic rings. The molecule has 0 unspecified atom stereocenters. The minimum absolute atomic E-state index is 0.0469. The van der Waals surface area contributed by atoms with Gasteiger partial charge >= 0.3 is 0 Å². The molecule has 2 aromatic rings. The van der Waals surface area contributed by atoms with E-state index in [-0.39, 0.29) is 11.2 Å². The van der Waals surface area contributed by atoms with Gasteiger partial charge in [-0.3, -0.25) is 0 Å². The molecule has 0 bridgehead atoms. The summed E-state index contributed by atoms with van der Waals surface area (Å²) in [5, 5.41) is 0. The van der Waals surface area contributed by atoms with Crippen molar-refractivity contribution in [3.05, 3.63) is 59.9 Å². The number of rotatable bonds is 4. The summed E-state index contributed by atoms with van der Waals surface area (Å²) >= 11 is 0. The first-order chi connectivity index (χ1) is 9.38. The van der Waals surface area contributed by atoms with Gasteiger partial charge in [-0.05, 0) is 35.9 Å². The van der Waals surface area contributed by atoms with Crippen molar-refractivity contribution in [2.75, 3.05) is 24.2 Å². The van der Waals surface area contributed by atoms with Crippen molar-refractivity contribution in [1.82, 2.24) is 0 Å². The maximum Gasteiger partial charge on any atom is 0.125 e. The standard InChI is InChI=1S/C17H21FN2/c1-17(2,13-7-9-15(19)10-8-13)12-20(3)16-6-4-5-14(18)11-16/h4-11H,12,19H2,1-3H3. The van der Waals surface area contributed by atoms with Crippen molar-refractivity contribution in [3.8, 4) is 0 Å². The Morgan fingerprint density at radius 2 is 1.75 bits per heavy atom. The van der Waals surface area contributed by atoms with Crippen LogP contribution < -0.4 is 10.6 Å². The molecule has 0 heterocycles. The molecule has 0 aliphatic heterocycles. The summed E-state index contributed by atoms with van der Waals surface area (Å²) in [6, 6.07) is 14.6. The summed E-state index contributed by atoms with van der Waals surface area (Å²) in [4.78, 5) is 2.07. The summed E-state index contributed by atoms with van der Waals surface area (Å²) in [7, 11) is 1.98. The Balaban J connectivity index is 2.17. The van der Waals surface area contributed by atoms with Crippen LogP contribution in [0.4, 0.5) is 15.8 Å². The van der Waals surface area contributed by atoms with Gasteiger partial charge in [0.25, 0.3) is 0 Å². The van der Waals surface area contributed by atoms with Crippen LogP contribution in [0.1, 0.15) is 19.4 Å². The van der Waals surface area contributed by atoms with Crippen LogP contribution in [0.25, 0.3) is 0 Å². The van der Waals surface area contributed by atoms with Gasteiger partial charge in [-0.2, -0.15) is 0 Å². The number of nitrogen functional groups attached to an aromatic ring is 1. The van der Waals surface area contributed by atoms with Crippen LogP contribution in [-0.2, 0) is 5.41 Å². The van der Waals surface area contributed by atoms with Crippen molar-refractivity contribution in [3.63, 3.8) is 0 Å². The first-order valence-electron chi connectivity index (χ1n) is 6.71. The van der Waals surface area contributed by atoms with Crippen molar-refractivity contribution < 1.29 is 4.39 Å². The maximum atomic E-state index is 13.3. The lowest BCUT2D eigenvalue weighted by molar-refractivity contribution is 0.524. The van der Waals surface area contributed by atoms with Crippen molar-refractivity contribution in [1.29, 1.82) is 0 Å². The SMILES string of the molecule is CN(CC(C)(C)c1ccc(N)cc1)c1cccc(F)c1. The monoisotopic (exact) mass is 272 g/mol. The molecule has 2 nitrogen and oxygen atoms in total. The van der Waals surface area contributed by atoms with Crippen LogP contribution in [0.15, 0.2) is 48.5 Å². The minimum Gasteiger partial charge on any atom is -0.399 e. The number of benzene rings is 2. The van der Waals surface area contributed by atoms with Gasteiger partial charge in [0.2, 0.25) is 0 Å². The summed E-state index contributed by atoms with van der Waals surface area (Å²) < 4.78 is 13.3. The van der Waals surface area contributed by atoms with Crippen LogP contribution in [-0.4, -0.2) is 13.6 Å². The molecule has 2 aromatic carbocycles. The van der Waals surface area contributed by atoms with E-state index in [4.69, 9.17) is 5.73 Å². The number of nitrogens with two attached hydrogens (primary N) is 1. The summed E-state index contributed by atoms with van der Waals surface area (Å²) in [5.41, 5.74) is 8.55. The Morgan fingerprint density at radius 3 is 2.35 bits per heavy atom. The average molecular weight is 272 g/mol. The zero-order valence-corrected chi connectivity index (χ0v) is 12.2. The van der Waals surface area contributed by atoms with E-state index >= 15 is 0 Å². The fraction of sp³-hybridized carbons (Fsp3) is 0.294. The fourth-order valence-electron chi connectivity index (χ4n) is 2.42. The number of anilines is 2. The molecular weight excluding hydrogens is 251 g/mol. The zero-order valence-electron chi connectivity index (χ0n) is 12.2. The van der Waals surface area contributed by atoms with E-state index in [2.05, 4.69) is 30.9 Å². The third-order valence-electron chi connectivity index (χ3n) is 3.57. The average Bonchev–Trinajstić information content (AvgIpc) is 2.38. The minimum atomic E-state index is -0.209. The molecule has 2 N–H and O–H groups in total. The molecule has 3 heteroatoms. The fourth-order valence-corrected chi connectivity index (χ4v) is 2.42. The van der Waals surface area contributed by atoms with Crippen molar-refractivity contribution >= 4 is 11.4 Å². The largest absolute Gasteiger partial charge is 0.399 e. The summed E-state index contributed by atoms with van der Waals surface area (Å²) in [5.74, 6) is -0.209. The van der Waals surface area contributed by atoms with E-state index in [1.54, 1.807) is 12.1 Å².